The van der Waals surface area contributed by atoms with Crippen LogP contribution in [0.2, 0.25) is 0 Å². The highest BCUT2D eigenvalue weighted by atomic mass is 16.3. The largest absolute Gasteiger partial charge is 0.387 e. The summed E-state index contributed by atoms with van der Waals surface area (Å²) in [6.45, 7) is 1.88. The van der Waals surface area contributed by atoms with E-state index in [0.717, 1.165) is 10.9 Å². The lowest BCUT2D eigenvalue weighted by atomic mass is 10.1. The number of aliphatic hydroxyl groups is 1. The van der Waals surface area contributed by atoms with E-state index in [9.17, 15) is 5.11 Å². The number of hydrogen-bond acceptors (Lipinski definition) is 3. The molecule has 0 aliphatic heterocycles. The first-order valence-corrected chi connectivity index (χ1v) is 5.24. The zero-order chi connectivity index (χ0) is 11.5. The molecule has 1 atom stereocenters. The van der Waals surface area contributed by atoms with Crippen LogP contribution in [0.4, 0.5) is 0 Å². The van der Waals surface area contributed by atoms with Crippen LogP contribution in [0.5, 0.6) is 0 Å². The molecule has 0 amide bonds. The standard InChI is InChI=1S/C13H12N2O/c1-2-13(16)12-7-9(8-14)10-5-3-4-6-11(10)15-12/h3-7,13,16H,2H2,1H3. The summed E-state index contributed by atoms with van der Waals surface area (Å²) in [4.78, 5) is 4.35. The van der Waals surface area contributed by atoms with Gasteiger partial charge in [0, 0.05) is 5.39 Å². The van der Waals surface area contributed by atoms with E-state index in [1.165, 1.54) is 0 Å². The van der Waals surface area contributed by atoms with E-state index in [0.29, 0.717) is 17.7 Å². The predicted octanol–water partition coefficient (Wildman–Crippen LogP) is 2.55. The van der Waals surface area contributed by atoms with Crippen molar-refractivity contribution >= 4 is 10.9 Å². The van der Waals surface area contributed by atoms with Gasteiger partial charge in [-0.1, -0.05) is 25.1 Å². The third-order valence-electron chi connectivity index (χ3n) is 2.58. The number of nitriles is 1. The molecule has 80 valence electrons. The van der Waals surface area contributed by atoms with Crippen LogP contribution in [0.25, 0.3) is 10.9 Å². The first-order valence-electron chi connectivity index (χ1n) is 5.24. The van der Waals surface area contributed by atoms with Crippen molar-refractivity contribution < 1.29 is 5.11 Å². The zero-order valence-corrected chi connectivity index (χ0v) is 9.01. The second-order valence-electron chi connectivity index (χ2n) is 3.65. The molecule has 0 saturated carbocycles. The van der Waals surface area contributed by atoms with E-state index in [2.05, 4.69) is 11.1 Å². The number of hydrogen-bond donors (Lipinski definition) is 1. The van der Waals surface area contributed by atoms with Crippen molar-refractivity contribution in [3.05, 3.63) is 41.6 Å². The SMILES string of the molecule is CCC(O)c1cc(C#N)c2ccccc2n1. The normalized spacial score (nSPS) is 12.3. The molecule has 0 spiro atoms. The fourth-order valence-corrected chi connectivity index (χ4v) is 1.67. The van der Waals surface area contributed by atoms with Gasteiger partial charge in [0.1, 0.15) is 0 Å². The van der Waals surface area contributed by atoms with Crippen LogP contribution >= 0.6 is 0 Å². The maximum absolute atomic E-state index is 9.74. The molecule has 2 aromatic rings. The van der Waals surface area contributed by atoms with Gasteiger partial charge in [0.25, 0.3) is 0 Å². The zero-order valence-electron chi connectivity index (χ0n) is 9.01. The second kappa shape index (κ2) is 4.30. The van der Waals surface area contributed by atoms with E-state index >= 15 is 0 Å². The van der Waals surface area contributed by atoms with Gasteiger partial charge in [-0.15, -0.1) is 0 Å². The Labute approximate surface area is 94.0 Å². The van der Waals surface area contributed by atoms with Crippen LogP contribution in [-0.2, 0) is 0 Å². The Morgan fingerprint density at radius 2 is 2.19 bits per heavy atom. The lowest BCUT2D eigenvalue weighted by Gasteiger charge is -2.09. The first kappa shape index (κ1) is 10.6. The van der Waals surface area contributed by atoms with Gasteiger partial charge in [-0.25, -0.2) is 4.98 Å². The summed E-state index contributed by atoms with van der Waals surface area (Å²) in [7, 11) is 0. The molecule has 1 aromatic carbocycles. The summed E-state index contributed by atoms with van der Waals surface area (Å²) in [5, 5.41) is 19.6. The maximum Gasteiger partial charge on any atom is 0.0999 e. The molecule has 16 heavy (non-hydrogen) atoms. The highest BCUT2D eigenvalue weighted by Crippen LogP contribution is 2.22. The number of rotatable bonds is 2. The van der Waals surface area contributed by atoms with Crippen molar-refractivity contribution in [2.75, 3.05) is 0 Å². The second-order valence-corrected chi connectivity index (χ2v) is 3.65. The molecule has 0 fully saturated rings. The average molecular weight is 212 g/mol. The van der Waals surface area contributed by atoms with Gasteiger partial charge in [-0.2, -0.15) is 5.26 Å². The molecule has 1 heterocycles. The Hall–Kier alpha value is -1.92. The van der Waals surface area contributed by atoms with E-state index in [4.69, 9.17) is 5.26 Å². The van der Waals surface area contributed by atoms with Gasteiger partial charge in [0.2, 0.25) is 0 Å². The fourth-order valence-electron chi connectivity index (χ4n) is 1.67. The summed E-state index contributed by atoms with van der Waals surface area (Å²) in [6, 6.07) is 11.3. The lowest BCUT2D eigenvalue weighted by molar-refractivity contribution is 0.169. The monoisotopic (exact) mass is 212 g/mol. The van der Waals surface area contributed by atoms with E-state index in [-0.39, 0.29) is 0 Å². The first-order chi connectivity index (χ1) is 7.76. The van der Waals surface area contributed by atoms with E-state index in [1.807, 2.05) is 31.2 Å². The summed E-state index contributed by atoms with van der Waals surface area (Å²) in [5.74, 6) is 0. The minimum Gasteiger partial charge on any atom is -0.387 e. The molecule has 0 bridgehead atoms. The van der Waals surface area contributed by atoms with Crippen LogP contribution in [-0.4, -0.2) is 10.1 Å². The molecule has 1 unspecified atom stereocenters. The van der Waals surface area contributed by atoms with Gasteiger partial charge in [0.05, 0.1) is 28.9 Å². The Balaban J connectivity index is 2.69. The van der Waals surface area contributed by atoms with Gasteiger partial charge in [0.15, 0.2) is 0 Å². The highest BCUT2D eigenvalue weighted by Gasteiger charge is 2.10. The van der Waals surface area contributed by atoms with E-state index in [1.54, 1.807) is 6.07 Å². The fraction of sp³-hybridized carbons (Fsp3) is 0.231. The molecule has 1 N–H and O–H groups in total. The third-order valence-corrected chi connectivity index (χ3v) is 2.58. The van der Waals surface area contributed by atoms with Crippen LogP contribution in [0.1, 0.15) is 30.7 Å². The van der Waals surface area contributed by atoms with Crippen LogP contribution in [0.3, 0.4) is 0 Å². The van der Waals surface area contributed by atoms with Gasteiger partial charge in [-0.05, 0) is 18.6 Å². The van der Waals surface area contributed by atoms with Crippen molar-refractivity contribution in [2.24, 2.45) is 0 Å². The topological polar surface area (TPSA) is 56.9 Å². The minimum atomic E-state index is -0.600. The lowest BCUT2D eigenvalue weighted by Crippen LogP contribution is -2.00. The average Bonchev–Trinajstić information content (AvgIpc) is 2.36. The number of aliphatic hydroxyl groups excluding tert-OH is 1. The minimum absolute atomic E-state index is 0.563. The Kier molecular flexibility index (Phi) is 2.84. The molecular formula is C13H12N2O. The predicted molar refractivity (Wildman–Crippen MR) is 61.7 cm³/mol. The molecule has 0 radical (unpaired) electrons. The maximum atomic E-state index is 9.74. The smallest absolute Gasteiger partial charge is 0.0999 e. The number of fused-ring (bicyclic) bond motifs is 1. The summed E-state index contributed by atoms with van der Waals surface area (Å²) in [6.07, 6.45) is -0.00681. The van der Waals surface area contributed by atoms with Crippen LogP contribution in [0, 0.1) is 11.3 Å². The van der Waals surface area contributed by atoms with Crippen LogP contribution < -0.4 is 0 Å². The summed E-state index contributed by atoms with van der Waals surface area (Å²) < 4.78 is 0. The quantitative estimate of drug-likeness (QED) is 0.832. The molecule has 2 rings (SSSR count). The Morgan fingerprint density at radius 1 is 1.44 bits per heavy atom. The van der Waals surface area contributed by atoms with Crippen molar-refractivity contribution in [1.29, 1.82) is 5.26 Å². The van der Waals surface area contributed by atoms with Crippen LogP contribution in [0.15, 0.2) is 30.3 Å². The molecule has 3 nitrogen and oxygen atoms in total. The highest BCUT2D eigenvalue weighted by molar-refractivity contribution is 5.84. The van der Waals surface area contributed by atoms with Crippen molar-refractivity contribution in [3.63, 3.8) is 0 Å². The molecule has 0 aliphatic carbocycles. The van der Waals surface area contributed by atoms with E-state index < -0.39 is 6.10 Å². The van der Waals surface area contributed by atoms with Crippen molar-refractivity contribution in [2.45, 2.75) is 19.4 Å². The van der Waals surface area contributed by atoms with Gasteiger partial charge in [-0.3, -0.25) is 0 Å². The van der Waals surface area contributed by atoms with Crippen molar-refractivity contribution in [3.8, 4) is 6.07 Å². The molecule has 3 heteroatoms. The van der Waals surface area contributed by atoms with Crippen molar-refractivity contribution in [1.82, 2.24) is 4.98 Å². The third kappa shape index (κ3) is 1.75. The number of nitrogens with zero attached hydrogens (tertiary/aromatic N) is 2. The molecule has 1 aromatic heterocycles. The number of para-hydroxylation sites is 1. The summed E-state index contributed by atoms with van der Waals surface area (Å²) >= 11 is 0. The van der Waals surface area contributed by atoms with Gasteiger partial charge < -0.3 is 5.11 Å². The number of aromatic nitrogens is 1. The Morgan fingerprint density at radius 3 is 2.88 bits per heavy atom. The Bertz CT molecular complexity index is 557. The van der Waals surface area contributed by atoms with Gasteiger partial charge >= 0.3 is 0 Å². The number of pyridine rings is 1. The number of benzene rings is 1. The molecule has 0 aliphatic rings. The molecule has 0 saturated heterocycles. The summed E-state index contributed by atoms with van der Waals surface area (Å²) in [5.41, 5.74) is 1.88. The molecular weight excluding hydrogens is 200 g/mol.